The number of halogens is 3. The Morgan fingerprint density at radius 2 is 1.72 bits per heavy atom. The first-order valence-electron chi connectivity index (χ1n) is 7.40. The molecular weight excluding hydrogens is 385 g/mol. The molecule has 0 aliphatic rings. The second-order valence-electron chi connectivity index (χ2n) is 5.24. The predicted octanol–water partition coefficient (Wildman–Crippen LogP) is 5.54. The molecule has 128 valence electrons. The highest BCUT2D eigenvalue weighted by atomic mass is 35.5. The van der Waals surface area contributed by atoms with Gasteiger partial charge in [-0.05, 0) is 37.3 Å². The van der Waals surface area contributed by atoms with Crippen molar-refractivity contribution < 1.29 is 14.3 Å². The summed E-state index contributed by atoms with van der Waals surface area (Å²) in [6.45, 7) is 1.87. The van der Waals surface area contributed by atoms with Gasteiger partial charge in [0.25, 0.3) is 0 Å². The number of hydrogen-bond donors (Lipinski definition) is 1. The highest BCUT2D eigenvalue weighted by Gasteiger charge is 2.26. The normalized spacial score (nSPS) is 10.9. The van der Waals surface area contributed by atoms with Crippen LogP contribution in [0.3, 0.4) is 0 Å². The number of hydrogen-bond acceptors (Lipinski definition) is 3. The van der Waals surface area contributed by atoms with E-state index in [9.17, 15) is 9.59 Å². The first-order valence-corrected chi connectivity index (χ1v) is 8.54. The van der Waals surface area contributed by atoms with E-state index in [2.05, 4.69) is 4.98 Å². The molecule has 3 rings (SSSR count). The van der Waals surface area contributed by atoms with Gasteiger partial charge < -0.3 is 9.72 Å². The quantitative estimate of drug-likeness (QED) is 0.465. The Balaban J connectivity index is 2.23. The molecule has 1 N–H and O–H groups in total. The summed E-state index contributed by atoms with van der Waals surface area (Å²) < 4.78 is 5.05. The maximum absolute atomic E-state index is 13.1. The molecule has 0 unspecified atom stereocenters. The van der Waals surface area contributed by atoms with E-state index in [1.165, 1.54) is 12.1 Å². The predicted molar refractivity (Wildman–Crippen MR) is 99.2 cm³/mol. The van der Waals surface area contributed by atoms with Gasteiger partial charge in [0, 0.05) is 26.5 Å². The zero-order chi connectivity index (χ0) is 18.1. The van der Waals surface area contributed by atoms with Gasteiger partial charge in [0.2, 0.25) is 0 Å². The van der Waals surface area contributed by atoms with Crippen LogP contribution >= 0.6 is 34.8 Å². The molecule has 3 aromatic rings. The fourth-order valence-electron chi connectivity index (χ4n) is 2.57. The Morgan fingerprint density at radius 3 is 2.40 bits per heavy atom. The monoisotopic (exact) mass is 395 g/mol. The smallest absolute Gasteiger partial charge is 0.355 e. The van der Waals surface area contributed by atoms with E-state index in [-0.39, 0.29) is 28.5 Å². The van der Waals surface area contributed by atoms with E-state index in [0.717, 1.165) is 0 Å². The number of rotatable bonds is 4. The number of aromatic nitrogens is 1. The summed E-state index contributed by atoms with van der Waals surface area (Å²) in [7, 11) is 0. The maximum atomic E-state index is 13.1. The van der Waals surface area contributed by atoms with Crippen LogP contribution in [0.5, 0.6) is 0 Å². The van der Waals surface area contributed by atoms with E-state index < -0.39 is 11.8 Å². The van der Waals surface area contributed by atoms with Crippen LogP contribution in [0.4, 0.5) is 0 Å². The third-order valence-electron chi connectivity index (χ3n) is 3.64. The molecule has 0 radical (unpaired) electrons. The number of H-pyrrole nitrogens is 1. The number of nitrogens with one attached hydrogen (secondary N) is 1. The number of benzene rings is 2. The largest absolute Gasteiger partial charge is 0.461 e. The van der Waals surface area contributed by atoms with Crippen molar-refractivity contribution in [3.63, 3.8) is 0 Å². The van der Waals surface area contributed by atoms with Gasteiger partial charge >= 0.3 is 5.97 Å². The molecule has 0 amide bonds. The maximum Gasteiger partial charge on any atom is 0.355 e. The number of esters is 1. The fraction of sp³-hybridized carbons (Fsp3) is 0.111. The van der Waals surface area contributed by atoms with Crippen LogP contribution in [0.15, 0.2) is 36.4 Å². The first-order chi connectivity index (χ1) is 11.9. The molecule has 0 aliphatic carbocycles. The van der Waals surface area contributed by atoms with E-state index >= 15 is 0 Å². The molecule has 1 aromatic heterocycles. The van der Waals surface area contributed by atoms with Crippen molar-refractivity contribution in [1.29, 1.82) is 0 Å². The van der Waals surface area contributed by atoms with Crippen molar-refractivity contribution in [2.45, 2.75) is 6.92 Å². The third-order valence-corrected chi connectivity index (χ3v) is 4.43. The van der Waals surface area contributed by atoms with Crippen LogP contribution in [0.1, 0.15) is 33.3 Å². The van der Waals surface area contributed by atoms with Crippen molar-refractivity contribution in [1.82, 2.24) is 4.98 Å². The average molecular weight is 397 g/mol. The summed E-state index contributed by atoms with van der Waals surface area (Å²) in [6.07, 6.45) is 0. The number of carbonyl (C=O) groups is 2. The zero-order valence-electron chi connectivity index (χ0n) is 13.0. The van der Waals surface area contributed by atoms with Gasteiger partial charge in [-0.1, -0.05) is 40.9 Å². The number of carbonyl (C=O) groups excluding carboxylic acids is 2. The second-order valence-corrected chi connectivity index (χ2v) is 6.52. The molecule has 7 heteroatoms. The molecule has 4 nitrogen and oxygen atoms in total. The van der Waals surface area contributed by atoms with Crippen molar-refractivity contribution in [3.8, 4) is 0 Å². The fourth-order valence-corrected chi connectivity index (χ4v) is 3.24. The van der Waals surface area contributed by atoms with Crippen molar-refractivity contribution >= 4 is 57.5 Å². The van der Waals surface area contributed by atoms with Gasteiger partial charge in [0.05, 0.1) is 17.2 Å². The second kappa shape index (κ2) is 7.08. The highest BCUT2D eigenvalue weighted by Crippen LogP contribution is 2.31. The van der Waals surface area contributed by atoms with Crippen molar-refractivity contribution in [2.75, 3.05) is 6.61 Å². The van der Waals surface area contributed by atoms with Gasteiger partial charge in [0.1, 0.15) is 5.69 Å². The van der Waals surface area contributed by atoms with E-state index in [1.54, 1.807) is 31.2 Å². The van der Waals surface area contributed by atoms with Gasteiger partial charge in [-0.2, -0.15) is 0 Å². The van der Waals surface area contributed by atoms with Crippen LogP contribution in [-0.4, -0.2) is 23.3 Å². The van der Waals surface area contributed by atoms with Gasteiger partial charge in [-0.25, -0.2) is 4.79 Å². The van der Waals surface area contributed by atoms with Gasteiger partial charge in [0.15, 0.2) is 5.78 Å². The third kappa shape index (κ3) is 3.38. The standard InChI is InChI=1S/C18H12Cl3NO3/c1-2-25-18(24)16-15(12-6-4-10(20)8-14(12)22-16)17(23)11-5-3-9(19)7-13(11)21/h3-8,22H,2H2,1H3. The molecule has 0 atom stereocenters. The van der Waals surface area contributed by atoms with E-state index in [1.807, 2.05) is 0 Å². The molecular formula is C18H12Cl3NO3. The van der Waals surface area contributed by atoms with E-state index in [0.29, 0.717) is 20.9 Å². The van der Waals surface area contributed by atoms with Gasteiger partial charge in [-0.15, -0.1) is 0 Å². The number of ether oxygens (including phenoxy) is 1. The Labute approximate surface area is 158 Å². The van der Waals surface area contributed by atoms with Crippen LogP contribution in [-0.2, 0) is 4.74 Å². The minimum Gasteiger partial charge on any atom is -0.461 e. The number of fused-ring (bicyclic) bond motifs is 1. The lowest BCUT2D eigenvalue weighted by atomic mass is 10.00. The lowest BCUT2D eigenvalue weighted by Crippen LogP contribution is -2.12. The first kappa shape index (κ1) is 17.8. The summed E-state index contributed by atoms with van der Waals surface area (Å²) in [5.74, 6) is -1.03. The average Bonchev–Trinajstić information content (AvgIpc) is 2.93. The van der Waals surface area contributed by atoms with Crippen LogP contribution in [0, 0.1) is 0 Å². The Morgan fingerprint density at radius 1 is 1.04 bits per heavy atom. The topological polar surface area (TPSA) is 59.2 Å². The molecule has 25 heavy (non-hydrogen) atoms. The minimum absolute atomic E-state index is 0.0649. The van der Waals surface area contributed by atoms with Crippen molar-refractivity contribution in [2.24, 2.45) is 0 Å². The summed E-state index contributed by atoms with van der Waals surface area (Å²) in [4.78, 5) is 28.3. The summed E-state index contributed by atoms with van der Waals surface area (Å²) in [6, 6.07) is 9.53. The highest BCUT2D eigenvalue weighted by molar-refractivity contribution is 6.38. The SMILES string of the molecule is CCOC(=O)c1[nH]c2cc(Cl)ccc2c1C(=O)c1ccc(Cl)cc1Cl. The molecule has 0 aliphatic heterocycles. The number of ketones is 1. The molecule has 0 spiro atoms. The van der Waals surface area contributed by atoms with Crippen molar-refractivity contribution in [3.05, 3.63) is 68.3 Å². The Bertz CT molecular complexity index is 995. The summed E-state index contributed by atoms with van der Waals surface area (Å²) in [5, 5.41) is 1.66. The van der Waals surface area contributed by atoms with Crippen LogP contribution in [0.2, 0.25) is 15.1 Å². The molecule has 2 aromatic carbocycles. The summed E-state index contributed by atoms with van der Waals surface area (Å²) in [5.41, 5.74) is 1.06. The van der Waals surface area contributed by atoms with Crippen LogP contribution < -0.4 is 0 Å². The molecule has 0 fully saturated rings. The molecule has 0 saturated carbocycles. The lowest BCUT2D eigenvalue weighted by Gasteiger charge is -2.06. The van der Waals surface area contributed by atoms with Crippen LogP contribution in [0.25, 0.3) is 10.9 Å². The zero-order valence-corrected chi connectivity index (χ0v) is 15.3. The minimum atomic E-state index is -0.622. The Kier molecular flexibility index (Phi) is 5.04. The van der Waals surface area contributed by atoms with Gasteiger partial charge in [-0.3, -0.25) is 4.79 Å². The number of aromatic amines is 1. The molecule has 0 bridgehead atoms. The lowest BCUT2D eigenvalue weighted by molar-refractivity contribution is 0.0518. The molecule has 1 heterocycles. The Hall–Kier alpha value is -2.01. The summed E-state index contributed by atoms with van der Waals surface area (Å²) >= 11 is 18.1. The van der Waals surface area contributed by atoms with E-state index in [4.69, 9.17) is 39.5 Å². The molecule has 0 saturated heterocycles.